The summed E-state index contributed by atoms with van der Waals surface area (Å²) in [5.41, 5.74) is 1.09. The minimum atomic E-state index is 0.151. The second kappa shape index (κ2) is 9.31. The second-order valence-electron chi connectivity index (χ2n) is 7.63. The maximum Gasteiger partial charge on any atom is 0.231 e. The predicted octanol–water partition coefficient (Wildman–Crippen LogP) is 1.52. The molecule has 0 radical (unpaired) electrons. The van der Waals surface area contributed by atoms with Crippen LogP contribution in [0.15, 0.2) is 12.1 Å². The minimum absolute atomic E-state index is 0.151. The van der Waals surface area contributed by atoms with Gasteiger partial charge < -0.3 is 24.0 Å². The molecule has 150 valence electrons. The fourth-order valence-electron chi connectivity index (χ4n) is 4.39. The van der Waals surface area contributed by atoms with E-state index >= 15 is 0 Å². The Morgan fingerprint density at radius 2 is 1.67 bits per heavy atom. The predicted molar refractivity (Wildman–Crippen MR) is 104 cm³/mol. The Kier molecular flexibility index (Phi) is 6.83. The number of quaternary nitrogens is 1. The van der Waals surface area contributed by atoms with Crippen LogP contribution in [0, 0.1) is 5.92 Å². The summed E-state index contributed by atoms with van der Waals surface area (Å²) in [6, 6.07) is 3.88. The monoisotopic (exact) mass is 377 g/mol. The lowest BCUT2D eigenvalue weighted by Crippen LogP contribution is -3.12. The molecule has 6 nitrogen and oxygen atoms in total. The van der Waals surface area contributed by atoms with E-state index in [1.807, 2.05) is 12.1 Å². The van der Waals surface area contributed by atoms with Gasteiger partial charge in [-0.25, -0.2) is 0 Å². The van der Waals surface area contributed by atoms with Crippen LogP contribution in [-0.2, 0) is 11.3 Å². The minimum Gasteiger partial charge on any atom is -0.496 e. The third-order valence-electron chi connectivity index (χ3n) is 5.86. The molecule has 1 amide bonds. The van der Waals surface area contributed by atoms with Crippen LogP contribution in [0.1, 0.15) is 37.7 Å². The maximum absolute atomic E-state index is 12.9. The van der Waals surface area contributed by atoms with Gasteiger partial charge in [0.05, 0.1) is 45.9 Å². The van der Waals surface area contributed by atoms with Gasteiger partial charge in [-0.1, -0.05) is 0 Å². The zero-order valence-corrected chi connectivity index (χ0v) is 16.9. The smallest absolute Gasteiger partial charge is 0.231 e. The normalized spacial score (nSPS) is 23.0. The fraction of sp³-hybridized carbons (Fsp3) is 0.667. The molecular weight excluding hydrogens is 344 g/mol. The van der Waals surface area contributed by atoms with Crippen LogP contribution >= 0.6 is 0 Å². The molecule has 2 atom stereocenters. The number of amides is 1. The lowest BCUT2D eigenvalue weighted by molar-refractivity contribution is -0.921. The molecule has 2 saturated heterocycles. The maximum atomic E-state index is 12.9. The molecule has 0 aromatic heterocycles. The average molecular weight is 378 g/mol. The van der Waals surface area contributed by atoms with Gasteiger partial charge in [0.2, 0.25) is 5.91 Å². The molecular formula is C21H33N2O4+. The van der Waals surface area contributed by atoms with Gasteiger partial charge in [-0.05, 0) is 38.2 Å². The highest BCUT2D eigenvalue weighted by atomic mass is 16.5. The Hall–Kier alpha value is -1.95. The van der Waals surface area contributed by atoms with Gasteiger partial charge in [-0.15, -0.1) is 0 Å². The number of piperidine rings is 2. The van der Waals surface area contributed by atoms with Gasteiger partial charge in [0.15, 0.2) is 11.5 Å². The first-order chi connectivity index (χ1) is 13.2. The summed E-state index contributed by atoms with van der Waals surface area (Å²) < 4.78 is 16.4. The number of hydrogen-bond acceptors (Lipinski definition) is 4. The molecule has 0 saturated carbocycles. The molecule has 1 aromatic rings. The van der Waals surface area contributed by atoms with Gasteiger partial charge >= 0.3 is 0 Å². The number of likely N-dealkylation sites (tertiary alicyclic amines) is 2. The molecule has 1 unspecified atom stereocenters. The number of methoxy groups -OCH3 is 3. The van der Waals surface area contributed by atoms with E-state index in [-0.39, 0.29) is 5.92 Å². The molecule has 0 spiro atoms. The van der Waals surface area contributed by atoms with Crippen molar-refractivity contribution in [3.05, 3.63) is 17.7 Å². The molecule has 2 fully saturated rings. The van der Waals surface area contributed by atoms with Crippen molar-refractivity contribution < 1.29 is 23.9 Å². The number of carbonyl (C=O) groups is 1. The van der Waals surface area contributed by atoms with Gasteiger partial charge in [0.1, 0.15) is 12.3 Å². The summed E-state index contributed by atoms with van der Waals surface area (Å²) in [5.74, 6) is 2.71. The fourth-order valence-corrected chi connectivity index (χ4v) is 4.39. The number of ether oxygens (including phenoxy) is 3. The van der Waals surface area contributed by atoms with Crippen LogP contribution in [-0.4, -0.2) is 58.3 Å². The van der Waals surface area contributed by atoms with E-state index in [1.54, 1.807) is 21.3 Å². The number of carbonyl (C=O) groups excluding carboxylic acids is 1. The van der Waals surface area contributed by atoms with Crippen molar-refractivity contribution in [3.8, 4) is 17.2 Å². The van der Waals surface area contributed by atoms with Crippen molar-refractivity contribution in [3.63, 3.8) is 0 Å². The van der Waals surface area contributed by atoms with Gasteiger partial charge in [0.25, 0.3) is 0 Å². The van der Waals surface area contributed by atoms with E-state index in [2.05, 4.69) is 4.90 Å². The van der Waals surface area contributed by atoms with Gasteiger partial charge in [-0.2, -0.15) is 0 Å². The lowest BCUT2D eigenvalue weighted by Gasteiger charge is -2.34. The van der Waals surface area contributed by atoms with E-state index in [0.29, 0.717) is 17.4 Å². The third-order valence-corrected chi connectivity index (χ3v) is 5.86. The van der Waals surface area contributed by atoms with Crippen molar-refractivity contribution in [1.82, 2.24) is 4.90 Å². The van der Waals surface area contributed by atoms with Crippen molar-refractivity contribution in [2.75, 3.05) is 47.5 Å². The van der Waals surface area contributed by atoms with Crippen molar-refractivity contribution in [2.45, 2.75) is 38.6 Å². The highest BCUT2D eigenvalue weighted by Gasteiger charge is 2.32. The SMILES string of the molecule is COc1cc(OC)c(OC)cc1C[NH+]1CCC[C@H](C(=O)N2CCCCC2)C1. The molecule has 1 N–H and O–H groups in total. The molecule has 0 bridgehead atoms. The molecule has 3 rings (SSSR count). The van der Waals surface area contributed by atoms with Crippen LogP contribution in [0.3, 0.4) is 0 Å². The summed E-state index contributed by atoms with van der Waals surface area (Å²) in [6.07, 6.45) is 5.66. The van der Waals surface area contributed by atoms with Crippen molar-refractivity contribution >= 4 is 5.91 Å². The number of nitrogens with zero attached hydrogens (tertiary/aromatic N) is 1. The van der Waals surface area contributed by atoms with Crippen LogP contribution in [0.5, 0.6) is 17.2 Å². The number of nitrogens with one attached hydrogen (secondary N) is 1. The highest BCUT2D eigenvalue weighted by molar-refractivity contribution is 5.79. The van der Waals surface area contributed by atoms with E-state index in [4.69, 9.17) is 14.2 Å². The van der Waals surface area contributed by atoms with Gasteiger partial charge in [-0.3, -0.25) is 4.79 Å². The van der Waals surface area contributed by atoms with Crippen LogP contribution in [0.2, 0.25) is 0 Å². The second-order valence-corrected chi connectivity index (χ2v) is 7.63. The zero-order chi connectivity index (χ0) is 19.2. The topological polar surface area (TPSA) is 52.4 Å². The number of benzene rings is 1. The quantitative estimate of drug-likeness (QED) is 0.817. The first-order valence-corrected chi connectivity index (χ1v) is 10.1. The van der Waals surface area contributed by atoms with Crippen LogP contribution < -0.4 is 19.1 Å². The summed E-state index contributed by atoms with van der Waals surface area (Å²) in [5, 5.41) is 0. The molecule has 2 aliphatic heterocycles. The third kappa shape index (κ3) is 4.67. The standard InChI is InChI=1S/C21H32N2O4/c1-25-18-13-20(27-3)19(26-2)12-17(18)15-22-9-7-8-16(14-22)21(24)23-10-5-4-6-11-23/h12-13,16H,4-11,14-15H2,1-3H3/p+1/t16-/m0/s1. The number of hydrogen-bond donors (Lipinski definition) is 1. The Bertz CT molecular complexity index is 643. The summed E-state index contributed by atoms with van der Waals surface area (Å²) >= 11 is 0. The molecule has 27 heavy (non-hydrogen) atoms. The largest absolute Gasteiger partial charge is 0.496 e. The summed E-state index contributed by atoms with van der Waals surface area (Å²) in [7, 11) is 4.96. The molecule has 0 aliphatic carbocycles. The average Bonchev–Trinajstić information content (AvgIpc) is 2.73. The van der Waals surface area contributed by atoms with E-state index < -0.39 is 0 Å². The van der Waals surface area contributed by atoms with Gasteiger partial charge in [0, 0.05) is 19.2 Å². The first-order valence-electron chi connectivity index (χ1n) is 10.1. The summed E-state index contributed by atoms with van der Waals surface area (Å²) in [4.78, 5) is 16.4. The highest BCUT2D eigenvalue weighted by Crippen LogP contribution is 2.34. The Balaban J connectivity index is 1.69. The molecule has 2 heterocycles. The van der Waals surface area contributed by atoms with Crippen molar-refractivity contribution in [2.24, 2.45) is 5.92 Å². The molecule has 6 heteroatoms. The number of rotatable bonds is 6. The van der Waals surface area contributed by atoms with E-state index in [0.717, 1.165) is 69.7 Å². The van der Waals surface area contributed by atoms with Crippen LogP contribution in [0.4, 0.5) is 0 Å². The Morgan fingerprint density at radius 3 is 2.33 bits per heavy atom. The molecule has 1 aromatic carbocycles. The lowest BCUT2D eigenvalue weighted by atomic mass is 9.95. The Labute approximate surface area is 162 Å². The molecule has 2 aliphatic rings. The zero-order valence-electron chi connectivity index (χ0n) is 16.9. The first kappa shape index (κ1) is 19.8. The van der Waals surface area contributed by atoms with Crippen molar-refractivity contribution in [1.29, 1.82) is 0 Å². The Morgan fingerprint density at radius 1 is 1.00 bits per heavy atom. The van der Waals surface area contributed by atoms with Crippen LogP contribution in [0.25, 0.3) is 0 Å². The van der Waals surface area contributed by atoms with E-state index in [1.165, 1.54) is 11.3 Å². The van der Waals surface area contributed by atoms with E-state index in [9.17, 15) is 4.79 Å². The summed E-state index contributed by atoms with van der Waals surface area (Å²) in [6.45, 7) is 4.68.